The maximum absolute atomic E-state index is 11.8. The fraction of sp³-hybridized carbons (Fsp3) is 0.273. The molecule has 0 saturated heterocycles. The fourth-order valence-electron chi connectivity index (χ4n) is 1.70. The van der Waals surface area contributed by atoms with Crippen LogP contribution in [0, 0.1) is 0 Å². The number of imide groups is 1. The average molecular weight is 220 g/mol. The van der Waals surface area contributed by atoms with Gasteiger partial charge >= 0.3 is 0 Å². The fourth-order valence-corrected chi connectivity index (χ4v) is 1.70. The minimum absolute atomic E-state index is 0.237. The van der Waals surface area contributed by atoms with Gasteiger partial charge in [-0.05, 0) is 12.1 Å². The number of nitrogens with zero attached hydrogens (tertiary/aromatic N) is 1. The largest absolute Gasteiger partial charge is 0.305 e. The SMILES string of the molecule is CONCCN1C(=O)c2ccccc2C1=O. The highest BCUT2D eigenvalue weighted by molar-refractivity contribution is 6.21. The number of benzene rings is 1. The molecule has 5 heteroatoms. The third-order valence-corrected chi connectivity index (χ3v) is 2.46. The number of carbonyl (C=O) groups excluding carboxylic acids is 2. The van der Waals surface area contributed by atoms with Gasteiger partial charge < -0.3 is 4.84 Å². The molecule has 1 aliphatic heterocycles. The Bertz CT molecular complexity index is 396. The Morgan fingerprint density at radius 1 is 1.19 bits per heavy atom. The van der Waals surface area contributed by atoms with Crippen LogP contribution in [-0.4, -0.2) is 36.9 Å². The summed E-state index contributed by atoms with van der Waals surface area (Å²) < 4.78 is 0. The second-order valence-corrected chi connectivity index (χ2v) is 3.41. The van der Waals surface area contributed by atoms with E-state index in [2.05, 4.69) is 10.3 Å². The Morgan fingerprint density at radius 2 is 1.75 bits per heavy atom. The number of rotatable bonds is 4. The molecule has 0 saturated carbocycles. The first-order chi connectivity index (χ1) is 7.75. The van der Waals surface area contributed by atoms with Crippen molar-refractivity contribution in [1.29, 1.82) is 0 Å². The van der Waals surface area contributed by atoms with E-state index in [-0.39, 0.29) is 11.8 Å². The topological polar surface area (TPSA) is 58.6 Å². The van der Waals surface area contributed by atoms with Crippen LogP contribution in [0.4, 0.5) is 0 Å². The molecule has 1 aliphatic rings. The van der Waals surface area contributed by atoms with Gasteiger partial charge in [0, 0.05) is 13.1 Å². The molecule has 84 valence electrons. The Morgan fingerprint density at radius 3 is 2.25 bits per heavy atom. The van der Waals surface area contributed by atoms with Crippen LogP contribution in [0.15, 0.2) is 24.3 Å². The molecular weight excluding hydrogens is 208 g/mol. The van der Waals surface area contributed by atoms with Crippen molar-refractivity contribution in [3.63, 3.8) is 0 Å². The van der Waals surface area contributed by atoms with Gasteiger partial charge in [0.05, 0.1) is 18.2 Å². The summed E-state index contributed by atoms with van der Waals surface area (Å²) in [4.78, 5) is 29.5. The lowest BCUT2D eigenvalue weighted by atomic mass is 10.1. The van der Waals surface area contributed by atoms with Crippen LogP contribution in [0.5, 0.6) is 0 Å². The molecule has 0 bridgehead atoms. The summed E-state index contributed by atoms with van der Waals surface area (Å²) in [5.74, 6) is -0.475. The number of hydrogen-bond acceptors (Lipinski definition) is 4. The minimum Gasteiger partial charge on any atom is -0.305 e. The summed E-state index contributed by atoms with van der Waals surface area (Å²) in [5, 5.41) is 0. The molecule has 1 aromatic rings. The van der Waals surface area contributed by atoms with Crippen molar-refractivity contribution in [3.8, 4) is 0 Å². The molecule has 0 spiro atoms. The normalized spacial score (nSPS) is 14.4. The average Bonchev–Trinajstić information content (AvgIpc) is 2.55. The van der Waals surface area contributed by atoms with E-state index in [1.165, 1.54) is 12.0 Å². The third-order valence-electron chi connectivity index (χ3n) is 2.46. The summed E-state index contributed by atoms with van der Waals surface area (Å²) in [6, 6.07) is 6.83. The molecule has 0 aliphatic carbocycles. The van der Waals surface area contributed by atoms with Gasteiger partial charge in [0.2, 0.25) is 0 Å². The van der Waals surface area contributed by atoms with Crippen molar-refractivity contribution < 1.29 is 14.4 Å². The van der Waals surface area contributed by atoms with Crippen molar-refractivity contribution in [1.82, 2.24) is 10.4 Å². The molecule has 1 aromatic carbocycles. The third kappa shape index (κ3) is 1.70. The lowest BCUT2D eigenvalue weighted by Gasteiger charge is -2.13. The predicted octanol–water partition coefficient (Wildman–Crippen LogP) is 0.434. The van der Waals surface area contributed by atoms with Gasteiger partial charge in [-0.1, -0.05) is 12.1 Å². The highest BCUT2D eigenvalue weighted by Crippen LogP contribution is 2.21. The minimum atomic E-state index is -0.237. The zero-order valence-corrected chi connectivity index (χ0v) is 8.90. The number of carbonyl (C=O) groups is 2. The molecule has 0 aromatic heterocycles. The number of hydroxylamine groups is 1. The monoisotopic (exact) mass is 220 g/mol. The van der Waals surface area contributed by atoms with E-state index in [4.69, 9.17) is 0 Å². The maximum atomic E-state index is 11.8. The predicted molar refractivity (Wildman–Crippen MR) is 56.8 cm³/mol. The van der Waals surface area contributed by atoms with Gasteiger partial charge in [-0.25, -0.2) is 5.48 Å². The second-order valence-electron chi connectivity index (χ2n) is 3.41. The van der Waals surface area contributed by atoms with Gasteiger partial charge in [-0.3, -0.25) is 14.5 Å². The van der Waals surface area contributed by atoms with Crippen LogP contribution in [0.2, 0.25) is 0 Å². The van der Waals surface area contributed by atoms with Crippen molar-refractivity contribution in [2.75, 3.05) is 20.2 Å². The molecule has 1 heterocycles. The number of hydrogen-bond donors (Lipinski definition) is 1. The van der Waals surface area contributed by atoms with Crippen molar-refractivity contribution in [3.05, 3.63) is 35.4 Å². The smallest absolute Gasteiger partial charge is 0.261 e. The zero-order valence-electron chi connectivity index (χ0n) is 8.90. The molecular formula is C11H12N2O3. The second kappa shape index (κ2) is 4.42. The first kappa shape index (κ1) is 10.8. The molecule has 0 radical (unpaired) electrons. The van der Waals surface area contributed by atoms with E-state index in [0.29, 0.717) is 24.2 Å². The number of nitrogens with one attached hydrogen (secondary N) is 1. The molecule has 0 unspecified atom stereocenters. The summed E-state index contributed by atoms with van der Waals surface area (Å²) in [6.07, 6.45) is 0. The van der Waals surface area contributed by atoms with E-state index in [1.54, 1.807) is 24.3 Å². The molecule has 2 rings (SSSR count). The van der Waals surface area contributed by atoms with E-state index in [1.807, 2.05) is 0 Å². The molecule has 2 amide bonds. The lowest BCUT2D eigenvalue weighted by molar-refractivity contribution is 0.0580. The highest BCUT2D eigenvalue weighted by Gasteiger charge is 2.34. The molecule has 0 fully saturated rings. The Hall–Kier alpha value is -1.72. The van der Waals surface area contributed by atoms with Gasteiger partial charge in [0.25, 0.3) is 11.8 Å². The molecule has 16 heavy (non-hydrogen) atoms. The summed E-state index contributed by atoms with van der Waals surface area (Å²) in [6.45, 7) is 0.724. The van der Waals surface area contributed by atoms with Crippen molar-refractivity contribution in [2.45, 2.75) is 0 Å². The van der Waals surface area contributed by atoms with Crippen molar-refractivity contribution >= 4 is 11.8 Å². The van der Waals surface area contributed by atoms with Crippen molar-refractivity contribution in [2.24, 2.45) is 0 Å². The van der Waals surface area contributed by atoms with E-state index < -0.39 is 0 Å². The van der Waals surface area contributed by atoms with Crippen LogP contribution in [0.25, 0.3) is 0 Å². The number of amides is 2. The Balaban J connectivity index is 2.15. The summed E-state index contributed by atoms with van der Waals surface area (Å²) >= 11 is 0. The van der Waals surface area contributed by atoms with Gasteiger partial charge in [-0.15, -0.1) is 0 Å². The first-order valence-electron chi connectivity index (χ1n) is 4.96. The van der Waals surface area contributed by atoms with E-state index in [0.717, 1.165) is 0 Å². The van der Waals surface area contributed by atoms with Crippen LogP contribution in [-0.2, 0) is 4.84 Å². The van der Waals surface area contributed by atoms with E-state index in [9.17, 15) is 9.59 Å². The Labute approximate surface area is 93.0 Å². The van der Waals surface area contributed by atoms with E-state index >= 15 is 0 Å². The number of fused-ring (bicyclic) bond motifs is 1. The highest BCUT2D eigenvalue weighted by atomic mass is 16.6. The van der Waals surface area contributed by atoms with Crippen LogP contribution >= 0.6 is 0 Å². The van der Waals surface area contributed by atoms with Gasteiger partial charge in [-0.2, -0.15) is 0 Å². The van der Waals surface area contributed by atoms with Crippen LogP contribution < -0.4 is 5.48 Å². The molecule has 0 atom stereocenters. The molecule has 1 N–H and O–H groups in total. The Kier molecular flexibility index (Phi) is 2.98. The zero-order chi connectivity index (χ0) is 11.5. The summed E-state index contributed by atoms with van der Waals surface area (Å²) in [7, 11) is 1.49. The van der Waals surface area contributed by atoms with Crippen LogP contribution in [0.1, 0.15) is 20.7 Å². The lowest BCUT2D eigenvalue weighted by Crippen LogP contribution is -2.35. The maximum Gasteiger partial charge on any atom is 0.261 e. The van der Waals surface area contributed by atoms with Crippen LogP contribution in [0.3, 0.4) is 0 Å². The standard InChI is InChI=1S/C11H12N2O3/c1-16-12-6-7-13-10(14)8-4-2-3-5-9(8)11(13)15/h2-5,12H,6-7H2,1H3. The van der Waals surface area contributed by atoms with Gasteiger partial charge in [0.15, 0.2) is 0 Å². The quantitative estimate of drug-likeness (QED) is 0.454. The first-order valence-corrected chi connectivity index (χ1v) is 4.96. The summed E-state index contributed by atoms with van der Waals surface area (Å²) in [5.41, 5.74) is 3.55. The molecule has 5 nitrogen and oxygen atoms in total. The van der Waals surface area contributed by atoms with Gasteiger partial charge in [0.1, 0.15) is 0 Å².